The molecule has 0 bridgehead atoms. The summed E-state index contributed by atoms with van der Waals surface area (Å²) in [7, 11) is 0. The van der Waals surface area contributed by atoms with Crippen molar-refractivity contribution in [1.82, 2.24) is 5.32 Å². The number of carbonyl (C=O) groups is 1. The third kappa shape index (κ3) is 4.79. The fraction of sp³-hybridized carbons (Fsp3) is 0.769. The smallest absolute Gasteiger partial charge is 0.243 e. The van der Waals surface area contributed by atoms with Gasteiger partial charge in [-0.05, 0) is 33.8 Å². The molecule has 0 fully saturated rings. The van der Waals surface area contributed by atoms with Gasteiger partial charge in [0.1, 0.15) is 0 Å². The van der Waals surface area contributed by atoms with Gasteiger partial charge in [0.25, 0.3) is 0 Å². The first kappa shape index (κ1) is 15.2. The van der Waals surface area contributed by atoms with Gasteiger partial charge in [0.15, 0.2) is 0 Å². The highest BCUT2D eigenvalue weighted by molar-refractivity contribution is 5.87. The normalized spacial score (nSPS) is 13.2. The van der Waals surface area contributed by atoms with Crippen LogP contribution in [0.1, 0.15) is 34.1 Å². The van der Waals surface area contributed by atoms with Crippen LogP contribution in [0.2, 0.25) is 0 Å². The average Bonchev–Trinajstić information content (AvgIpc) is 2.31. The standard InChI is InChI=1S/C13H26N2O/c1-6-13(16)14-12(5)10-11-15(7-2,8-3)9-4/h6,12H,1,7-11H2,2-5H3/p+1. The maximum Gasteiger partial charge on any atom is 0.243 e. The van der Waals surface area contributed by atoms with Gasteiger partial charge in [-0.1, -0.05) is 6.58 Å². The SMILES string of the molecule is C=CC(=O)NC(C)CC[N+](CC)(CC)CC. The predicted molar refractivity (Wildman–Crippen MR) is 69.2 cm³/mol. The number of hydrogen-bond donors (Lipinski definition) is 1. The highest BCUT2D eigenvalue weighted by Gasteiger charge is 2.21. The highest BCUT2D eigenvalue weighted by Crippen LogP contribution is 2.08. The molecule has 0 radical (unpaired) electrons. The molecule has 1 amide bonds. The molecule has 0 heterocycles. The summed E-state index contributed by atoms with van der Waals surface area (Å²) < 4.78 is 1.13. The molecule has 1 unspecified atom stereocenters. The zero-order valence-electron chi connectivity index (χ0n) is 11.3. The predicted octanol–water partition coefficient (Wildman–Crippen LogP) is 1.94. The van der Waals surface area contributed by atoms with Crippen LogP contribution < -0.4 is 5.32 Å². The minimum absolute atomic E-state index is 0.0740. The second-order valence-corrected chi connectivity index (χ2v) is 4.42. The van der Waals surface area contributed by atoms with Crippen molar-refractivity contribution in [2.75, 3.05) is 26.2 Å². The minimum Gasteiger partial charge on any atom is -0.350 e. The van der Waals surface area contributed by atoms with E-state index >= 15 is 0 Å². The molecule has 0 aromatic carbocycles. The van der Waals surface area contributed by atoms with Crippen LogP contribution in [0, 0.1) is 0 Å². The van der Waals surface area contributed by atoms with Crippen LogP contribution in [0.25, 0.3) is 0 Å². The summed E-state index contributed by atoms with van der Waals surface area (Å²) in [5.41, 5.74) is 0. The van der Waals surface area contributed by atoms with Gasteiger partial charge in [-0.2, -0.15) is 0 Å². The number of rotatable bonds is 8. The van der Waals surface area contributed by atoms with E-state index in [1.165, 1.54) is 6.08 Å². The summed E-state index contributed by atoms with van der Waals surface area (Å²) in [5.74, 6) is -0.0740. The molecule has 0 rings (SSSR count). The third-order valence-corrected chi connectivity index (χ3v) is 3.62. The van der Waals surface area contributed by atoms with Crippen molar-refractivity contribution in [3.63, 3.8) is 0 Å². The molecule has 0 aromatic rings. The summed E-state index contributed by atoms with van der Waals surface area (Å²) in [4.78, 5) is 11.1. The van der Waals surface area contributed by atoms with Crippen molar-refractivity contribution in [3.05, 3.63) is 12.7 Å². The Kier molecular flexibility index (Phi) is 7.06. The fourth-order valence-electron chi connectivity index (χ4n) is 1.99. The molecule has 0 aliphatic heterocycles. The topological polar surface area (TPSA) is 29.1 Å². The van der Waals surface area contributed by atoms with Crippen LogP contribution in [-0.4, -0.2) is 42.6 Å². The molecule has 3 heteroatoms. The van der Waals surface area contributed by atoms with Crippen LogP contribution in [-0.2, 0) is 4.79 Å². The van der Waals surface area contributed by atoms with E-state index in [0.29, 0.717) is 0 Å². The van der Waals surface area contributed by atoms with Crippen molar-refractivity contribution in [2.24, 2.45) is 0 Å². The van der Waals surface area contributed by atoms with Gasteiger partial charge in [-0.15, -0.1) is 0 Å². The van der Waals surface area contributed by atoms with Crippen molar-refractivity contribution in [2.45, 2.75) is 40.2 Å². The molecular weight excluding hydrogens is 200 g/mol. The molecule has 0 aliphatic rings. The second-order valence-electron chi connectivity index (χ2n) is 4.42. The van der Waals surface area contributed by atoms with Crippen LogP contribution in [0.4, 0.5) is 0 Å². The van der Waals surface area contributed by atoms with Gasteiger partial charge < -0.3 is 9.80 Å². The molecule has 0 spiro atoms. The summed E-state index contributed by atoms with van der Waals surface area (Å²) in [6.45, 7) is 16.8. The van der Waals surface area contributed by atoms with Crippen LogP contribution in [0.5, 0.6) is 0 Å². The molecule has 0 aromatic heterocycles. The Morgan fingerprint density at radius 1 is 1.31 bits per heavy atom. The van der Waals surface area contributed by atoms with Gasteiger partial charge in [0.05, 0.1) is 26.2 Å². The van der Waals surface area contributed by atoms with Crippen LogP contribution >= 0.6 is 0 Å². The Hall–Kier alpha value is -0.830. The third-order valence-electron chi connectivity index (χ3n) is 3.62. The van der Waals surface area contributed by atoms with Gasteiger partial charge >= 0.3 is 0 Å². The Bertz CT molecular complexity index is 214. The lowest BCUT2D eigenvalue weighted by Crippen LogP contribution is -2.49. The summed E-state index contributed by atoms with van der Waals surface area (Å²) in [6, 6.07) is 0.229. The number of nitrogens with zero attached hydrogens (tertiary/aromatic N) is 1. The van der Waals surface area contributed by atoms with Crippen molar-refractivity contribution < 1.29 is 9.28 Å². The molecule has 0 saturated carbocycles. The first-order chi connectivity index (χ1) is 7.53. The number of hydrogen-bond acceptors (Lipinski definition) is 1. The molecular formula is C13H27N2O+. The number of quaternary nitrogens is 1. The monoisotopic (exact) mass is 227 g/mol. The van der Waals surface area contributed by atoms with E-state index in [0.717, 1.165) is 37.1 Å². The highest BCUT2D eigenvalue weighted by atomic mass is 16.1. The number of nitrogens with one attached hydrogen (secondary N) is 1. The van der Waals surface area contributed by atoms with E-state index in [9.17, 15) is 4.79 Å². The summed E-state index contributed by atoms with van der Waals surface area (Å²) in [6.07, 6.45) is 2.35. The Morgan fingerprint density at radius 3 is 2.19 bits per heavy atom. The van der Waals surface area contributed by atoms with Gasteiger partial charge in [0.2, 0.25) is 5.91 Å². The first-order valence-corrected chi connectivity index (χ1v) is 6.31. The lowest BCUT2D eigenvalue weighted by atomic mass is 10.2. The summed E-state index contributed by atoms with van der Waals surface area (Å²) in [5, 5.41) is 2.91. The Labute approximate surface area is 100 Å². The van der Waals surface area contributed by atoms with E-state index in [2.05, 4.69) is 39.6 Å². The van der Waals surface area contributed by atoms with Gasteiger partial charge in [0, 0.05) is 12.5 Å². The molecule has 94 valence electrons. The zero-order valence-corrected chi connectivity index (χ0v) is 11.3. The van der Waals surface area contributed by atoms with E-state index in [-0.39, 0.29) is 11.9 Å². The van der Waals surface area contributed by atoms with E-state index < -0.39 is 0 Å². The second kappa shape index (κ2) is 7.44. The van der Waals surface area contributed by atoms with Crippen molar-refractivity contribution in [1.29, 1.82) is 0 Å². The molecule has 0 saturated heterocycles. The maximum absolute atomic E-state index is 11.1. The fourth-order valence-corrected chi connectivity index (χ4v) is 1.99. The minimum atomic E-state index is -0.0740. The molecule has 3 nitrogen and oxygen atoms in total. The molecule has 16 heavy (non-hydrogen) atoms. The van der Waals surface area contributed by atoms with E-state index in [1.54, 1.807) is 0 Å². The Morgan fingerprint density at radius 2 is 1.81 bits per heavy atom. The average molecular weight is 227 g/mol. The summed E-state index contributed by atoms with van der Waals surface area (Å²) >= 11 is 0. The lowest BCUT2D eigenvalue weighted by Gasteiger charge is -2.36. The van der Waals surface area contributed by atoms with Gasteiger partial charge in [-0.25, -0.2) is 0 Å². The van der Waals surface area contributed by atoms with E-state index in [1.807, 2.05) is 0 Å². The number of amides is 1. The molecule has 1 N–H and O–H groups in total. The quantitative estimate of drug-likeness (QED) is 0.498. The lowest BCUT2D eigenvalue weighted by molar-refractivity contribution is -0.923. The molecule has 1 atom stereocenters. The molecule has 0 aliphatic carbocycles. The van der Waals surface area contributed by atoms with Crippen LogP contribution in [0.3, 0.4) is 0 Å². The van der Waals surface area contributed by atoms with Crippen molar-refractivity contribution >= 4 is 5.91 Å². The Balaban J connectivity index is 4.10. The first-order valence-electron chi connectivity index (χ1n) is 6.31. The zero-order chi connectivity index (χ0) is 12.6. The largest absolute Gasteiger partial charge is 0.350 e. The van der Waals surface area contributed by atoms with Crippen molar-refractivity contribution in [3.8, 4) is 0 Å². The van der Waals surface area contributed by atoms with Gasteiger partial charge in [-0.3, -0.25) is 4.79 Å². The van der Waals surface area contributed by atoms with Crippen LogP contribution in [0.15, 0.2) is 12.7 Å². The number of carbonyl (C=O) groups excluding carboxylic acids is 1. The maximum atomic E-state index is 11.1. The van der Waals surface area contributed by atoms with E-state index in [4.69, 9.17) is 0 Å².